The molecule has 0 aliphatic rings. The van der Waals surface area contributed by atoms with Crippen LogP contribution in [0.2, 0.25) is 0 Å². The lowest BCUT2D eigenvalue weighted by Gasteiger charge is -2.12. The maximum Gasteiger partial charge on any atom is 0.352 e. The minimum absolute atomic E-state index is 0.199. The molecule has 5 heteroatoms. The van der Waals surface area contributed by atoms with E-state index in [0.717, 1.165) is 49.7 Å². The number of hydrogen-bond acceptors (Lipinski definition) is 3. The molecule has 1 heterocycles. The van der Waals surface area contributed by atoms with Crippen molar-refractivity contribution in [2.75, 3.05) is 13.7 Å². The van der Waals surface area contributed by atoms with E-state index in [0.29, 0.717) is 25.2 Å². The molecule has 0 aliphatic heterocycles. The molecule has 0 atom stereocenters. The minimum Gasteiger partial charge on any atom is -0.496 e. The Labute approximate surface area is 203 Å². The first-order valence-electron chi connectivity index (χ1n) is 11.7. The molecular formula is C30H27NO4. The van der Waals surface area contributed by atoms with E-state index >= 15 is 0 Å². The Morgan fingerprint density at radius 3 is 2.46 bits per heavy atom. The Kier molecular flexibility index (Phi) is 6.15. The molecule has 0 bridgehead atoms. The Morgan fingerprint density at radius 1 is 0.886 bits per heavy atom. The van der Waals surface area contributed by atoms with Gasteiger partial charge in [0.15, 0.2) is 0 Å². The van der Waals surface area contributed by atoms with Crippen molar-refractivity contribution in [2.24, 2.45) is 0 Å². The smallest absolute Gasteiger partial charge is 0.352 e. The summed E-state index contributed by atoms with van der Waals surface area (Å²) in [5.74, 6) is 0.509. The third-order valence-corrected chi connectivity index (χ3v) is 6.47. The Hall–Kier alpha value is -4.25. The van der Waals surface area contributed by atoms with Crippen molar-refractivity contribution in [1.82, 2.24) is 4.98 Å². The molecule has 0 aliphatic carbocycles. The number of benzene rings is 4. The Morgan fingerprint density at radius 2 is 1.66 bits per heavy atom. The first-order valence-corrected chi connectivity index (χ1v) is 11.7. The highest BCUT2D eigenvalue weighted by atomic mass is 16.5. The van der Waals surface area contributed by atoms with Crippen molar-refractivity contribution in [3.8, 4) is 22.6 Å². The van der Waals surface area contributed by atoms with Gasteiger partial charge in [-0.05, 0) is 60.0 Å². The Balaban J connectivity index is 1.48. The van der Waals surface area contributed by atoms with Crippen molar-refractivity contribution >= 4 is 27.6 Å². The van der Waals surface area contributed by atoms with Gasteiger partial charge in [0.25, 0.3) is 0 Å². The molecule has 4 aromatic carbocycles. The Bertz CT molecular complexity index is 1530. The molecule has 0 spiro atoms. The van der Waals surface area contributed by atoms with Crippen LogP contribution in [-0.2, 0) is 6.42 Å². The van der Waals surface area contributed by atoms with Crippen molar-refractivity contribution < 1.29 is 19.4 Å². The summed E-state index contributed by atoms with van der Waals surface area (Å²) in [4.78, 5) is 15.4. The zero-order chi connectivity index (χ0) is 24.4. The highest BCUT2D eigenvalue weighted by molar-refractivity contribution is 6.06. The summed E-state index contributed by atoms with van der Waals surface area (Å²) in [6.45, 7) is 2.53. The summed E-state index contributed by atoms with van der Waals surface area (Å²) in [5.41, 5.74) is 4.85. The summed E-state index contributed by atoms with van der Waals surface area (Å²) in [6.07, 6.45) is 1.20. The van der Waals surface area contributed by atoms with Crippen LogP contribution >= 0.6 is 0 Å². The topological polar surface area (TPSA) is 71.6 Å². The fourth-order valence-corrected chi connectivity index (χ4v) is 4.79. The van der Waals surface area contributed by atoms with E-state index in [1.54, 1.807) is 7.11 Å². The second kappa shape index (κ2) is 9.55. The molecule has 0 saturated heterocycles. The molecule has 2 N–H and O–H groups in total. The molecule has 5 rings (SSSR count). The molecule has 176 valence electrons. The standard InChI is InChI=1S/C30H27NO4/c1-19-9-3-5-12-21(19)23-16-17-26(34-2)27-24(29(30(32)33)31-28(23)27)14-8-18-35-25-15-7-11-20-10-4-6-13-22(20)25/h3-7,9-13,15-17,31H,8,14,18H2,1-2H3,(H,32,33). The van der Waals surface area contributed by atoms with Gasteiger partial charge in [-0.15, -0.1) is 0 Å². The van der Waals surface area contributed by atoms with Crippen molar-refractivity contribution in [2.45, 2.75) is 19.8 Å². The zero-order valence-electron chi connectivity index (χ0n) is 19.8. The second-order valence-corrected chi connectivity index (χ2v) is 8.59. The van der Waals surface area contributed by atoms with Gasteiger partial charge in [-0.25, -0.2) is 4.79 Å². The largest absolute Gasteiger partial charge is 0.496 e. The molecule has 0 fully saturated rings. The number of nitrogens with one attached hydrogen (secondary N) is 1. The number of aromatic nitrogens is 1. The molecule has 0 unspecified atom stereocenters. The summed E-state index contributed by atoms with van der Waals surface area (Å²) in [7, 11) is 1.61. The number of methoxy groups -OCH3 is 1. The highest BCUT2D eigenvalue weighted by Crippen LogP contribution is 2.39. The molecular weight excluding hydrogens is 438 g/mol. The van der Waals surface area contributed by atoms with Crippen molar-refractivity contribution in [1.29, 1.82) is 0 Å². The third kappa shape index (κ3) is 4.21. The van der Waals surface area contributed by atoms with Crippen molar-refractivity contribution in [3.05, 3.63) is 95.7 Å². The van der Waals surface area contributed by atoms with Crippen LogP contribution in [0.3, 0.4) is 0 Å². The highest BCUT2D eigenvalue weighted by Gasteiger charge is 2.22. The van der Waals surface area contributed by atoms with Gasteiger partial charge in [0.1, 0.15) is 17.2 Å². The number of ether oxygens (including phenoxy) is 2. The van der Waals surface area contributed by atoms with E-state index in [-0.39, 0.29) is 5.69 Å². The van der Waals surface area contributed by atoms with E-state index in [1.165, 1.54) is 0 Å². The van der Waals surface area contributed by atoms with Gasteiger partial charge < -0.3 is 19.6 Å². The monoisotopic (exact) mass is 465 g/mol. The number of carbonyl (C=O) groups is 1. The van der Waals surface area contributed by atoms with Crippen LogP contribution in [0.1, 0.15) is 28.0 Å². The van der Waals surface area contributed by atoms with Crippen LogP contribution in [-0.4, -0.2) is 29.8 Å². The number of carboxylic acid groups (broad SMARTS) is 1. The predicted molar refractivity (Wildman–Crippen MR) is 140 cm³/mol. The number of aromatic amines is 1. The number of hydrogen-bond donors (Lipinski definition) is 2. The number of carboxylic acids is 1. The maximum absolute atomic E-state index is 12.2. The lowest BCUT2D eigenvalue weighted by Crippen LogP contribution is -2.04. The first-order chi connectivity index (χ1) is 17.1. The minimum atomic E-state index is -0.982. The average molecular weight is 466 g/mol. The van der Waals surface area contributed by atoms with E-state index in [9.17, 15) is 9.90 Å². The van der Waals surface area contributed by atoms with Crippen LogP contribution in [0, 0.1) is 6.92 Å². The molecule has 5 nitrogen and oxygen atoms in total. The quantitative estimate of drug-likeness (QED) is 0.242. The number of rotatable bonds is 8. The maximum atomic E-state index is 12.2. The molecule has 5 aromatic rings. The lowest BCUT2D eigenvalue weighted by atomic mass is 9.96. The number of aromatic carboxylic acids is 1. The summed E-state index contributed by atoms with van der Waals surface area (Å²) < 4.78 is 11.8. The second-order valence-electron chi connectivity index (χ2n) is 8.59. The van der Waals surface area contributed by atoms with Gasteiger partial charge >= 0.3 is 5.97 Å². The molecule has 35 heavy (non-hydrogen) atoms. The van der Waals surface area contributed by atoms with Crippen molar-refractivity contribution in [3.63, 3.8) is 0 Å². The van der Waals surface area contributed by atoms with Crippen LogP contribution in [0.15, 0.2) is 78.9 Å². The van der Waals surface area contributed by atoms with Gasteiger partial charge in [-0.3, -0.25) is 0 Å². The predicted octanol–water partition coefficient (Wildman–Crippen LogP) is 7.01. The van der Waals surface area contributed by atoms with Gasteiger partial charge in [0.05, 0.1) is 19.2 Å². The molecule has 0 amide bonds. The van der Waals surface area contributed by atoms with E-state index in [1.807, 2.05) is 54.6 Å². The van der Waals surface area contributed by atoms with Crippen LogP contribution in [0.25, 0.3) is 32.8 Å². The summed E-state index contributed by atoms with van der Waals surface area (Å²) >= 11 is 0. The summed E-state index contributed by atoms with van der Waals surface area (Å²) in [5, 5.41) is 13.0. The van der Waals surface area contributed by atoms with Crippen LogP contribution in [0.5, 0.6) is 11.5 Å². The SMILES string of the molecule is COc1ccc(-c2ccccc2C)c2[nH]c(C(=O)O)c(CCCOc3cccc4ccccc34)c12. The normalized spacial score (nSPS) is 11.1. The summed E-state index contributed by atoms with van der Waals surface area (Å²) in [6, 6.07) is 26.1. The fourth-order valence-electron chi connectivity index (χ4n) is 4.79. The molecule has 0 saturated carbocycles. The lowest BCUT2D eigenvalue weighted by molar-refractivity contribution is 0.0690. The number of aryl methyl sites for hydroxylation is 2. The average Bonchev–Trinajstić information content (AvgIpc) is 3.27. The first kappa shape index (κ1) is 22.5. The molecule has 1 aromatic heterocycles. The van der Waals surface area contributed by atoms with Gasteiger partial charge in [-0.2, -0.15) is 0 Å². The molecule has 0 radical (unpaired) electrons. The number of H-pyrrole nitrogens is 1. The fraction of sp³-hybridized carbons (Fsp3) is 0.167. The van der Waals surface area contributed by atoms with Crippen LogP contribution in [0.4, 0.5) is 0 Å². The van der Waals surface area contributed by atoms with Gasteiger partial charge in [-0.1, -0.05) is 60.7 Å². The van der Waals surface area contributed by atoms with Gasteiger partial charge in [0.2, 0.25) is 0 Å². The van der Waals surface area contributed by atoms with Gasteiger partial charge in [0, 0.05) is 16.3 Å². The zero-order valence-corrected chi connectivity index (χ0v) is 19.8. The number of fused-ring (bicyclic) bond motifs is 2. The van der Waals surface area contributed by atoms with E-state index < -0.39 is 5.97 Å². The third-order valence-electron chi connectivity index (χ3n) is 6.47. The van der Waals surface area contributed by atoms with E-state index in [4.69, 9.17) is 9.47 Å². The van der Waals surface area contributed by atoms with E-state index in [2.05, 4.69) is 36.2 Å². The van der Waals surface area contributed by atoms with Crippen LogP contribution < -0.4 is 9.47 Å².